The highest BCUT2D eigenvalue weighted by Gasteiger charge is 2.23. The Hall–Kier alpha value is -1.59. The minimum atomic E-state index is -0.163. The third-order valence-corrected chi connectivity index (χ3v) is 5.46. The van der Waals surface area contributed by atoms with Gasteiger partial charge in [-0.3, -0.25) is 9.69 Å². The number of carbonyl (C=O) groups excluding carboxylic acids is 1. The Kier molecular flexibility index (Phi) is 5.51. The summed E-state index contributed by atoms with van der Waals surface area (Å²) in [6.45, 7) is 1.91. The third-order valence-electron chi connectivity index (χ3n) is 4.52. The number of hydrogen-bond donors (Lipinski definition) is 1. The van der Waals surface area contributed by atoms with Gasteiger partial charge in [-0.15, -0.1) is 11.3 Å². The van der Waals surface area contributed by atoms with E-state index in [4.69, 9.17) is 4.42 Å². The topological polar surface area (TPSA) is 45.5 Å². The molecule has 1 N–H and O–H groups in total. The first-order valence-electron chi connectivity index (χ1n) is 8.33. The summed E-state index contributed by atoms with van der Waals surface area (Å²) in [5.74, 6) is 1.12. The molecular formula is C18H24N2O2S. The first-order valence-corrected chi connectivity index (χ1v) is 9.21. The molecule has 0 bridgehead atoms. The highest BCUT2D eigenvalue weighted by Crippen LogP contribution is 2.25. The largest absolute Gasteiger partial charge is 0.455 e. The number of aryl methyl sites for hydroxylation is 1. The third kappa shape index (κ3) is 4.24. The predicted molar refractivity (Wildman–Crippen MR) is 92.8 cm³/mol. The first-order chi connectivity index (χ1) is 11.3. The highest BCUT2D eigenvalue weighted by atomic mass is 32.1. The van der Waals surface area contributed by atoms with Gasteiger partial charge in [-0.05, 0) is 55.8 Å². The van der Waals surface area contributed by atoms with Gasteiger partial charge in [-0.25, -0.2) is 0 Å². The average Bonchev–Trinajstić information content (AvgIpc) is 3.25. The summed E-state index contributed by atoms with van der Waals surface area (Å²) in [7, 11) is 1.62. The smallest absolute Gasteiger partial charge is 0.286 e. The number of rotatable bonds is 6. The van der Waals surface area contributed by atoms with Crippen molar-refractivity contribution in [2.45, 2.75) is 44.7 Å². The molecule has 1 aliphatic rings. The van der Waals surface area contributed by atoms with Gasteiger partial charge in [0.25, 0.3) is 5.91 Å². The van der Waals surface area contributed by atoms with Crippen molar-refractivity contribution >= 4 is 17.2 Å². The molecule has 1 aliphatic heterocycles. The van der Waals surface area contributed by atoms with E-state index in [-0.39, 0.29) is 5.91 Å². The quantitative estimate of drug-likeness (QED) is 0.877. The monoisotopic (exact) mass is 332 g/mol. The highest BCUT2D eigenvalue weighted by molar-refractivity contribution is 7.09. The van der Waals surface area contributed by atoms with Crippen molar-refractivity contribution in [1.82, 2.24) is 10.2 Å². The van der Waals surface area contributed by atoms with E-state index < -0.39 is 0 Å². The molecule has 0 radical (unpaired) electrons. The zero-order chi connectivity index (χ0) is 16.1. The molecule has 3 rings (SSSR count). The van der Waals surface area contributed by atoms with Crippen LogP contribution in [-0.4, -0.2) is 30.4 Å². The van der Waals surface area contributed by atoms with E-state index in [2.05, 4.69) is 27.7 Å². The van der Waals surface area contributed by atoms with Crippen LogP contribution in [0.3, 0.4) is 0 Å². The van der Waals surface area contributed by atoms with Gasteiger partial charge in [-0.1, -0.05) is 12.5 Å². The second-order valence-corrected chi connectivity index (χ2v) is 7.12. The molecule has 5 heteroatoms. The molecule has 2 aromatic rings. The number of thiophene rings is 1. The Bertz CT molecular complexity index is 621. The molecule has 1 saturated heterocycles. The Balaban J connectivity index is 1.59. The van der Waals surface area contributed by atoms with Crippen molar-refractivity contribution in [3.8, 4) is 0 Å². The SMILES string of the molecule is CNC(=O)c1ccc(CN2CCCC[C@@H]2CCc2cccs2)o1. The Morgan fingerprint density at radius 3 is 3.09 bits per heavy atom. The lowest BCUT2D eigenvalue weighted by Gasteiger charge is -2.35. The number of nitrogens with zero attached hydrogens (tertiary/aromatic N) is 1. The number of nitrogens with one attached hydrogen (secondary N) is 1. The summed E-state index contributed by atoms with van der Waals surface area (Å²) >= 11 is 1.84. The number of amides is 1. The van der Waals surface area contributed by atoms with Gasteiger partial charge < -0.3 is 9.73 Å². The van der Waals surface area contributed by atoms with Crippen LogP contribution in [0.15, 0.2) is 34.1 Å². The summed E-state index contributed by atoms with van der Waals surface area (Å²) in [6, 6.07) is 8.65. The van der Waals surface area contributed by atoms with Gasteiger partial charge in [0, 0.05) is 18.0 Å². The lowest BCUT2D eigenvalue weighted by molar-refractivity contribution is 0.0924. The minimum absolute atomic E-state index is 0.163. The molecule has 23 heavy (non-hydrogen) atoms. The summed E-state index contributed by atoms with van der Waals surface area (Å²) in [4.78, 5) is 15.6. The lowest BCUT2D eigenvalue weighted by Crippen LogP contribution is -2.39. The van der Waals surface area contributed by atoms with Crippen molar-refractivity contribution in [3.63, 3.8) is 0 Å². The van der Waals surface area contributed by atoms with E-state index in [9.17, 15) is 4.79 Å². The van der Waals surface area contributed by atoms with E-state index in [0.717, 1.165) is 25.3 Å². The molecule has 0 aromatic carbocycles. The maximum atomic E-state index is 11.6. The number of hydrogen-bond acceptors (Lipinski definition) is 4. The molecule has 2 aromatic heterocycles. The van der Waals surface area contributed by atoms with Crippen LogP contribution in [0.5, 0.6) is 0 Å². The molecule has 0 spiro atoms. The maximum absolute atomic E-state index is 11.6. The van der Waals surface area contributed by atoms with Gasteiger partial charge >= 0.3 is 0 Å². The standard InChI is InChI=1S/C18H24N2O2S/c1-19-18(21)17-10-8-15(22-17)13-20-11-3-2-5-14(20)7-9-16-6-4-12-23-16/h4,6,8,10,12,14H,2-3,5,7,9,11,13H2,1H3,(H,19,21)/t14-/m1/s1. The Labute approximate surface area is 141 Å². The van der Waals surface area contributed by atoms with Crippen LogP contribution in [-0.2, 0) is 13.0 Å². The summed E-state index contributed by atoms with van der Waals surface area (Å²) in [6.07, 6.45) is 6.17. The molecule has 124 valence electrons. The van der Waals surface area contributed by atoms with Crippen molar-refractivity contribution in [3.05, 3.63) is 46.0 Å². The Morgan fingerprint density at radius 2 is 2.30 bits per heavy atom. The fourth-order valence-corrected chi connectivity index (χ4v) is 3.99. The van der Waals surface area contributed by atoms with Crippen LogP contribution < -0.4 is 5.32 Å². The molecular weight excluding hydrogens is 308 g/mol. The van der Waals surface area contributed by atoms with E-state index in [1.165, 1.54) is 30.6 Å². The summed E-state index contributed by atoms with van der Waals surface area (Å²) < 4.78 is 5.69. The Morgan fingerprint density at radius 1 is 1.39 bits per heavy atom. The van der Waals surface area contributed by atoms with E-state index in [1.807, 2.05) is 17.4 Å². The molecule has 1 atom stereocenters. The van der Waals surface area contributed by atoms with Crippen molar-refractivity contribution < 1.29 is 9.21 Å². The molecule has 1 amide bonds. The van der Waals surface area contributed by atoms with Crippen LogP contribution >= 0.6 is 11.3 Å². The summed E-state index contributed by atoms with van der Waals surface area (Å²) in [5, 5.41) is 4.75. The second kappa shape index (κ2) is 7.79. The fourth-order valence-electron chi connectivity index (χ4n) is 3.27. The van der Waals surface area contributed by atoms with Gasteiger partial charge in [-0.2, -0.15) is 0 Å². The molecule has 1 fully saturated rings. The van der Waals surface area contributed by atoms with Crippen LogP contribution in [0.1, 0.15) is 46.9 Å². The van der Waals surface area contributed by atoms with Crippen molar-refractivity contribution in [2.24, 2.45) is 0 Å². The number of furan rings is 1. The van der Waals surface area contributed by atoms with Gasteiger partial charge in [0.05, 0.1) is 6.54 Å². The molecule has 3 heterocycles. The van der Waals surface area contributed by atoms with Gasteiger partial charge in [0.1, 0.15) is 5.76 Å². The van der Waals surface area contributed by atoms with Gasteiger partial charge in [0.15, 0.2) is 5.76 Å². The van der Waals surface area contributed by atoms with Crippen LogP contribution in [0.2, 0.25) is 0 Å². The average molecular weight is 332 g/mol. The first kappa shape index (κ1) is 16.3. The zero-order valence-electron chi connectivity index (χ0n) is 13.6. The lowest BCUT2D eigenvalue weighted by atomic mass is 9.97. The van der Waals surface area contributed by atoms with E-state index >= 15 is 0 Å². The molecule has 0 aliphatic carbocycles. The summed E-state index contributed by atoms with van der Waals surface area (Å²) in [5.41, 5.74) is 0. The van der Waals surface area contributed by atoms with Gasteiger partial charge in [0.2, 0.25) is 0 Å². The van der Waals surface area contributed by atoms with Crippen molar-refractivity contribution in [2.75, 3.05) is 13.6 Å². The minimum Gasteiger partial charge on any atom is -0.455 e. The number of likely N-dealkylation sites (tertiary alicyclic amines) is 1. The molecule has 0 saturated carbocycles. The van der Waals surface area contributed by atoms with Crippen molar-refractivity contribution in [1.29, 1.82) is 0 Å². The van der Waals surface area contributed by atoms with E-state index in [1.54, 1.807) is 13.1 Å². The molecule has 4 nitrogen and oxygen atoms in total. The maximum Gasteiger partial charge on any atom is 0.286 e. The van der Waals surface area contributed by atoms with Crippen LogP contribution in [0, 0.1) is 0 Å². The van der Waals surface area contributed by atoms with Crippen LogP contribution in [0.4, 0.5) is 0 Å². The predicted octanol–water partition coefficient (Wildman–Crippen LogP) is 3.69. The zero-order valence-corrected chi connectivity index (χ0v) is 14.4. The number of carbonyl (C=O) groups is 1. The normalized spacial score (nSPS) is 18.9. The number of piperidine rings is 1. The fraction of sp³-hybridized carbons (Fsp3) is 0.500. The van der Waals surface area contributed by atoms with E-state index in [0.29, 0.717) is 11.8 Å². The van der Waals surface area contributed by atoms with Crippen LogP contribution in [0.25, 0.3) is 0 Å². The molecule has 0 unspecified atom stereocenters. The second-order valence-electron chi connectivity index (χ2n) is 6.08.